The predicted octanol–water partition coefficient (Wildman–Crippen LogP) is 3.75. The van der Waals surface area contributed by atoms with E-state index in [9.17, 15) is 14.4 Å². The van der Waals surface area contributed by atoms with Gasteiger partial charge in [0.05, 0.1) is 5.02 Å². The average Bonchev–Trinajstić information content (AvgIpc) is 2.96. The largest absolute Gasteiger partial charge is 0.481 e. The molecule has 1 N–H and O–H groups in total. The van der Waals surface area contributed by atoms with E-state index >= 15 is 0 Å². The van der Waals surface area contributed by atoms with E-state index in [0.717, 1.165) is 10.1 Å². The number of piperazine rings is 1. The fraction of sp³-hybridized carbons (Fsp3) is 0.389. The van der Waals surface area contributed by atoms with Gasteiger partial charge in [-0.05, 0) is 18.6 Å². The van der Waals surface area contributed by atoms with Crippen molar-refractivity contribution in [3.63, 3.8) is 0 Å². The van der Waals surface area contributed by atoms with Crippen LogP contribution >= 0.6 is 34.5 Å². The highest BCUT2D eigenvalue weighted by Gasteiger charge is 2.27. The number of fused-ring (bicyclic) bond motifs is 1. The Hall–Kier alpha value is -1.83. The van der Waals surface area contributed by atoms with Gasteiger partial charge in [-0.1, -0.05) is 29.3 Å². The molecule has 2 aromatic rings. The van der Waals surface area contributed by atoms with Gasteiger partial charge in [0.15, 0.2) is 0 Å². The molecule has 0 saturated carbocycles. The summed E-state index contributed by atoms with van der Waals surface area (Å²) >= 11 is 13.7. The monoisotopic (exact) mass is 428 g/mol. The first-order valence-corrected chi connectivity index (χ1v) is 10.1. The van der Waals surface area contributed by atoms with E-state index in [1.807, 2.05) is 0 Å². The highest BCUT2D eigenvalue weighted by Crippen LogP contribution is 2.37. The lowest BCUT2D eigenvalue weighted by Gasteiger charge is -2.34. The summed E-state index contributed by atoms with van der Waals surface area (Å²) in [6.07, 6.45) is 0.523. The molecule has 27 heavy (non-hydrogen) atoms. The highest BCUT2D eigenvalue weighted by molar-refractivity contribution is 7.21. The number of hydrogen-bond donors (Lipinski definition) is 1. The van der Waals surface area contributed by atoms with Gasteiger partial charge in [-0.25, -0.2) is 0 Å². The molecule has 0 radical (unpaired) electrons. The van der Waals surface area contributed by atoms with Gasteiger partial charge in [0.1, 0.15) is 4.88 Å². The van der Waals surface area contributed by atoms with Gasteiger partial charge in [0.2, 0.25) is 5.91 Å². The van der Waals surface area contributed by atoms with E-state index < -0.39 is 5.97 Å². The van der Waals surface area contributed by atoms with Crippen LogP contribution in [0.2, 0.25) is 10.0 Å². The molecule has 1 aromatic heterocycles. The van der Waals surface area contributed by atoms with Crippen molar-refractivity contribution >= 4 is 62.4 Å². The normalized spacial score (nSPS) is 14.6. The van der Waals surface area contributed by atoms with Crippen molar-refractivity contribution in [2.75, 3.05) is 26.2 Å². The summed E-state index contributed by atoms with van der Waals surface area (Å²) in [5.41, 5.74) is 0. The number of benzene rings is 1. The van der Waals surface area contributed by atoms with E-state index in [4.69, 9.17) is 28.3 Å². The number of carboxylic acid groups (broad SMARTS) is 1. The van der Waals surface area contributed by atoms with Gasteiger partial charge >= 0.3 is 5.97 Å². The van der Waals surface area contributed by atoms with Gasteiger partial charge in [-0.3, -0.25) is 14.4 Å². The molecule has 1 fully saturated rings. The van der Waals surface area contributed by atoms with Crippen LogP contribution in [-0.2, 0) is 9.59 Å². The Bertz CT molecular complexity index is 891. The van der Waals surface area contributed by atoms with E-state index in [1.165, 1.54) is 11.3 Å². The summed E-state index contributed by atoms with van der Waals surface area (Å²) in [6, 6.07) is 5.34. The van der Waals surface area contributed by atoms with E-state index in [0.29, 0.717) is 47.5 Å². The van der Waals surface area contributed by atoms with Gasteiger partial charge in [-0.2, -0.15) is 0 Å². The summed E-state index contributed by atoms with van der Waals surface area (Å²) in [5.74, 6) is -1.12. The lowest BCUT2D eigenvalue weighted by atomic mass is 10.2. The van der Waals surface area contributed by atoms with Gasteiger partial charge in [0, 0.05) is 54.1 Å². The molecule has 3 rings (SSSR count). The standard InChI is InChI=1S/C18H18Cl2N2O4S/c19-11-4-5-12-13(10-11)27-17(16(12)20)18(26)22-8-6-21(7-9-22)14(23)2-1-3-15(24)25/h4-5,10H,1-3,6-9H2,(H,24,25). The number of carbonyl (C=O) groups is 3. The lowest BCUT2D eigenvalue weighted by molar-refractivity contribution is -0.137. The third kappa shape index (κ3) is 4.54. The second-order valence-corrected chi connectivity index (χ2v) is 8.17. The van der Waals surface area contributed by atoms with Crippen molar-refractivity contribution in [3.05, 3.63) is 33.1 Å². The number of thiophene rings is 1. The maximum absolute atomic E-state index is 12.8. The zero-order valence-electron chi connectivity index (χ0n) is 14.4. The second-order valence-electron chi connectivity index (χ2n) is 6.31. The summed E-state index contributed by atoms with van der Waals surface area (Å²) in [5, 5.41) is 10.5. The minimum absolute atomic E-state index is 0.0152. The lowest BCUT2D eigenvalue weighted by Crippen LogP contribution is -2.50. The predicted molar refractivity (Wildman–Crippen MR) is 106 cm³/mol. The molecule has 1 aliphatic rings. The zero-order chi connectivity index (χ0) is 19.6. The van der Waals surface area contributed by atoms with Gasteiger partial charge in [-0.15, -0.1) is 11.3 Å². The number of carboxylic acids is 1. The van der Waals surface area contributed by atoms with E-state index in [1.54, 1.807) is 28.0 Å². The summed E-state index contributed by atoms with van der Waals surface area (Å²) < 4.78 is 0.864. The Labute approximate surface area is 170 Å². The number of halogens is 2. The molecular weight excluding hydrogens is 411 g/mol. The van der Waals surface area contributed by atoms with Crippen molar-refractivity contribution in [1.29, 1.82) is 0 Å². The van der Waals surface area contributed by atoms with Crippen LogP contribution in [0.3, 0.4) is 0 Å². The minimum Gasteiger partial charge on any atom is -0.481 e. The van der Waals surface area contributed by atoms with Crippen LogP contribution in [-0.4, -0.2) is 58.9 Å². The fourth-order valence-corrected chi connectivity index (χ4v) is 4.78. The minimum atomic E-state index is -0.903. The number of carbonyl (C=O) groups excluding carboxylic acids is 2. The molecule has 0 bridgehead atoms. The average molecular weight is 429 g/mol. The van der Waals surface area contributed by atoms with Crippen molar-refractivity contribution in [2.24, 2.45) is 0 Å². The number of amides is 2. The van der Waals surface area contributed by atoms with Crippen LogP contribution in [0.5, 0.6) is 0 Å². The second kappa shape index (κ2) is 8.46. The Morgan fingerprint density at radius 3 is 2.37 bits per heavy atom. The van der Waals surface area contributed by atoms with Gasteiger partial charge in [0.25, 0.3) is 5.91 Å². The fourth-order valence-electron chi connectivity index (χ4n) is 3.03. The smallest absolute Gasteiger partial charge is 0.303 e. The molecule has 2 heterocycles. The Kier molecular flexibility index (Phi) is 6.24. The summed E-state index contributed by atoms with van der Waals surface area (Å²) in [4.78, 5) is 39.4. The topological polar surface area (TPSA) is 77.9 Å². The van der Waals surface area contributed by atoms with Crippen LogP contribution in [0.25, 0.3) is 10.1 Å². The molecule has 0 spiro atoms. The number of aliphatic carboxylic acids is 1. The van der Waals surface area contributed by atoms with Gasteiger partial charge < -0.3 is 14.9 Å². The highest BCUT2D eigenvalue weighted by atomic mass is 35.5. The maximum Gasteiger partial charge on any atom is 0.303 e. The van der Waals surface area contributed by atoms with E-state index in [2.05, 4.69) is 0 Å². The number of hydrogen-bond acceptors (Lipinski definition) is 4. The van der Waals surface area contributed by atoms with Crippen LogP contribution in [0.4, 0.5) is 0 Å². The molecule has 0 unspecified atom stereocenters. The Balaban J connectivity index is 1.61. The molecule has 144 valence electrons. The number of rotatable bonds is 5. The molecule has 1 aliphatic heterocycles. The first kappa shape index (κ1) is 19.9. The first-order valence-electron chi connectivity index (χ1n) is 8.53. The third-order valence-electron chi connectivity index (χ3n) is 4.49. The molecular formula is C18H18Cl2N2O4S. The van der Waals surface area contributed by atoms with Crippen molar-refractivity contribution < 1.29 is 19.5 Å². The summed E-state index contributed by atoms with van der Waals surface area (Å²) in [6.45, 7) is 1.72. The first-order chi connectivity index (χ1) is 12.9. The number of nitrogens with zero attached hydrogens (tertiary/aromatic N) is 2. The van der Waals surface area contributed by atoms with Crippen molar-refractivity contribution in [2.45, 2.75) is 19.3 Å². The Morgan fingerprint density at radius 1 is 1.04 bits per heavy atom. The molecule has 0 aliphatic carbocycles. The molecule has 1 saturated heterocycles. The van der Waals surface area contributed by atoms with Crippen molar-refractivity contribution in [3.8, 4) is 0 Å². The third-order valence-corrected chi connectivity index (χ3v) is 6.37. The van der Waals surface area contributed by atoms with Crippen LogP contribution in [0.1, 0.15) is 28.9 Å². The molecule has 1 aromatic carbocycles. The van der Waals surface area contributed by atoms with Crippen LogP contribution < -0.4 is 0 Å². The summed E-state index contributed by atoms with van der Waals surface area (Å²) in [7, 11) is 0. The molecule has 9 heteroatoms. The van der Waals surface area contributed by atoms with Crippen LogP contribution in [0, 0.1) is 0 Å². The SMILES string of the molecule is O=C(O)CCCC(=O)N1CCN(C(=O)c2sc3cc(Cl)ccc3c2Cl)CC1. The zero-order valence-corrected chi connectivity index (χ0v) is 16.7. The Morgan fingerprint density at radius 2 is 1.70 bits per heavy atom. The van der Waals surface area contributed by atoms with E-state index in [-0.39, 0.29) is 24.7 Å². The quantitative estimate of drug-likeness (QED) is 0.786. The van der Waals surface area contributed by atoms with Crippen molar-refractivity contribution in [1.82, 2.24) is 9.80 Å². The molecule has 6 nitrogen and oxygen atoms in total. The molecule has 0 atom stereocenters. The molecule has 2 amide bonds. The van der Waals surface area contributed by atoms with Crippen LogP contribution in [0.15, 0.2) is 18.2 Å². The maximum atomic E-state index is 12.8.